The highest BCUT2D eigenvalue weighted by Gasteiger charge is 2.07. The molecule has 0 aliphatic heterocycles. The van der Waals surface area contributed by atoms with Crippen LogP contribution in [-0.2, 0) is 7.05 Å². The maximum atomic E-state index is 4.25. The molecular formula is C9H10N8. The molecule has 0 amide bonds. The molecule has 3 aromatic rings. The van der Waals surface area contributed by atoms with Gasteiger partial charge >= 0.3 is 0 Å². The largest absolute Gasteiger partial charge is 0.336 e. The summed E-state index contributed by atoms with van der Waals surface area (Å²) in [7, 11) is 1.87. The van der Waals surface area contributed by atoms with Crippen LogP contribution in [0.1, 0.15) is 5.69 Å². The van der Waals surface area contributed by atoms with E-state index in [4.69, 9.17) is 0 Å². The first-order valence-corrected chi connectivity index (χ1v) is 5.03. The molecule has 0 unspecified atom stereocenters. The Morgan fingerprint density at radius 2 is 2.18 bits per heavy atom. The maximum Gasteiger partial charge on any atom is 0.199 e. The quantitative estimate of drug-likeness (QED) is 0.681. The second-order valence-corrected chi connectivity index (χ2v) is 3.67. The van der Waals surface area contributed by atoms with Gasteiger partial charge in [0, 0.05) is 13.2 Å². The fourth-order valence-electron chi connectivity index (χ4n) is 1.62. The van der Waals surface area contributed by atoms with Crippen molar-refractivity contribution in [3.05, 3.63) is 24.3 Å². The molecule has 0 fully saturated rings. The van der Waals surface area contributed by atoms with Crippen LogP contribution in [0.25, 0.3) is 5.65 Å². The smallest absolute Gasteiger partial charge is 0.199 e. The first kappa shape index (κ1) is 9.70. The fraction of sp³-hybridized carbons (Fsp3) is 0.222. The third-order valence-corrected chi connectivity index (χ3v) is 2.38. The normalized spacial score (nSPS) is 10.9. The predicted molar refractivity (Wildman–Crippen MR) is 59.8 cm³/mol. The summed E-state index contributed by atoms with van der Waals surface area (Å²) >= 11 is 0. The summed E-state index contributed by atoms with van der Waals surface area (Å²) in [4.78, 5) is 4.06. The number of hydrogen-bond donors (Lipinski definition) is 1. The highest BCUT2D eigenvalue weighted by atomic mass is 15.5. The maximum absolute atomic E-state index is 4.25. The molecule has 86 valence electrons. The molecule has 3 aromatic heterocycles. The fourth-order valence-corrected chi connectivity index (χ4v) is 1.62. The summed E-state index contributed by atoms with van der Waals surface area (Å²) in [6.45, 7) is 1.93. The summed E-state index contributed by atoms with van der Waals surface area (Å²) < 4.78 is 3.32. The van der Waals surface area contributed by atoms with Gasteiger partial charge in [-0.1, -0.05) is 0 Å². The molecule has 8 nitrogen and oxygen atoms in total. The van der Waals surface area contributed by atoms with E-state index in [1.54, 1.807) is 21.6 Å². The average molecular weight is 230 g/mol. The SMILES string of the molecule is Cc1nn(C)cc1Nc1cncc2nnnn12. The van der Waals surface area contributed by atoms with Gasteiger partial charge in [0.2, 0.25) is 0 Å². The molecule has 17 heavy (non-hydrogen) atoms. The van der Waals surface area contributed by atoms with Crippen molar-refractivity contribution in [2.24, 2.45) is 7.05 Å². The number of rotatable bonds is 2. The highest BCUT2D eigenvalue weighted by molar-refractivity contribution is 5.59. The van der Waals surface area contributed by atoms with Crippen molar-refractivity contribution in [3.8, 4) is 0 Å². The number of nitrogens with zero attached hydrogens (tertiary/aromatic N) is 7. The first-order valence-electron chi connectivity index (χ1n) is 5.03. The summed E-state index contributed by atoms with van der Waals surface area (Å²) in [6.07, 6.45) is 5.15. The molecule has 0 aliphatic carbocycles. The van der Waals surface area contributed by atoms with Crippen molar-refractivity contribution in [3.63, 3.8) is 0 Å². The van der Waals surface area contributed by atoms with Crippen LogP contribution in [-0.4, -0.2) is 34.8 Å². The van der Waals surface area contributed by atoms with E-state index < -0.39 is 0 Å². The van der Waals surface area contributed by atoms with Crippen molar-refractivity contribution in [2.45, 2.75) is 6.92 Å². The number of fused-ring (bicyclic) bond motifs is 1. The third-order valence-electron chi connectivity index (χ3n) is 2.38. The Hall–Kier alpha value is -2.51. The van der Waals surface area contributed by atoms with Gasteiger partial charge in [-0.05, 0) is 17.4 Å². The molecule has 0 saturated carbocycles. The Labute approximate surface area is 96.3 Å². The van der Waals surface area contributed by atoms with E-state index in [0.717, 1.165) is 11.4 Å². The molecule has 0 aromatic carbocycles. The molecule has 0 spiro atoms. The molecule has 0 radical (unpaired) electrons. The molecule has 3 rings (SSSR count). The summed E-state index contributed by atoms with van der Waals surface area (Å²) in [5.41, 5.74) is 2.39. The summed E-state index contributed by atoms with van der Waals surface area (Å²) in [5, 5.41) is 18.7. The van der Waals surface area contributed by atoms with Gasteiger partial charge < -0.3 is 5.32 Å². The molecule has 0 atom stereocenters. The second kappa shape index (κ2) is 3.51. The van der Waals surface area contributed by atoms with Gasteiger partial charge in [0.25, 0.3) is 0 Å². The lowest BCUT2D eigenvalue weighted by molar-refractivity contribution is 0.756. The standard InChI is InChI=1S/C9H10N8/c1-6-7(5-16(2)13-6)11-8-3-10-4-9-12-14-15-17(8)9/h3-5,11H,1-2H3. The summed E-state index contributed by atoms with van der Waals surface area (Å²) in [5.74, 6) is 0.698. The lowest BCUT2D eigenvalue weighted by atomic mass is 10.4. The van der Waals surface area contributed by atoms with E-state index in [2.05, 4.69) is 30.9 Å². The number of hydrogen-bond acceptors (Lipinski definition) is 6. The Morgan fingerprint density at radius 1 is 1.29 bits per heavy atom. The lowest BCUT2D eigenvalue weighted by Crippen LogP contribution is -2.01. The Bertz CT molecular complexity index is 666. The van der Waals surface area contributed by atoms with Gasteiger partial charge in [-0.15, -0.1) is 5.10 Å². The zero-order chi connectivity index (χ0) is 11.8. The Morgan fingerprint density at radius 3 is 2.94 bits per heavy atom. The Balaban J connectivity index is 2.05. The monoisotopic (exact) mass is 230 g/mol. The van der Waals surface area contributed by atoms with Gasteiger partial charge in [-0.25, -0.2) is 0 Å². The zero-order valence-electron chi connectivity index (χ0n) is 9.36. The molecule has 1 N–H and O–H groups in total. The second-order valence-electron chi connectivity index (χ2n) is 3.67. The molecule has 3 heterocycles. The van der Waals surface area contributed by atoms with E-state index in [1.165, 1.54) is 0 Å². The highest BCUT2D eigenvalue weighted by Crippen LogP contribution is 2.18. The average Bonchev–Trinajstić information content (AvgIpc) is 2.87. The minimum absolute atomic E-state index is 0.594. The van der Waals surface area contributed by atoms with E-state index in [-0.39, 0.29) is 0 Å². The number of anilines is 2. The molecule has 0 saturated heterocycles. The van der Waals surface area contributed by atoms with Crippen LogP contribution in [0.2, 0.25) is 0 Å². The molecule has 8 heteroatoms. The van der Waals surface area contributed by atoms with Crippen LogP contribution in [0.5, 0.6) is 0 Å². The van der Waals surface area contributed by atoms with E-state index in [1.807, 2.05) is 20.2 Å². The van der Waals surface area contributed by atoms with Gasteiger partial charge in [0.1, 0.15) is 0 Å². The first-order chi connectivity index (χ1) is 8.24. The van der Waals surface area contributed by atoms with Gasteiger partial charge in [0.15, 0.2) is 11.5 Å². The van der Waals surface area contributed by atoms with Crippen LogP contribution in [0, 0.1) is 6.92 Å². The van der Waals surface area contributed by atoms with Crippen LogP contribution >= 0.6 is 0 Å². The van der Waals surface area contributed by atoms with Gasteiger partial charge in [-0.3, -0.25) is 9.67 Å². The molecular weight excluding hydrogens is 220 g/mol. The zero-order valence-corrected chi connectivity index (χ0v) is 9.36. The van der Waals surface area contributed by atoms with Crippen LogP contribution < -0.4 is 5.32 Å². The number of nitrogens with one attached hydrogen (secondary N) is 1. The van der Waals surface area contributed by atoms with E-state index >= 15 is 0 Å². The van der Waals surface area contributed by atoms with Crippen molar-refractivity contribution in [2.75, 3.05) is 5.32 Å². The van der Waals surface area contributed by atoms with Gasteiger partial charge in [0.05, 0.1) is 23.8 Å². The third kappa shape index (κ3) is 1.59. The lowest BCUT2D eigenvalue weighted by Gasteiger charge is -2.04. The van der Waals surface area contributed by atoms with Crippen LogP contribution in [0.15, 0.2) is 18.6 Å². The van der Waals surface area contributed by atoms with Crippen molar-refractivity contribution >= 4 is 17.2 Å². The van der Waals surface area contributed by atoms with Crippen LogP contribution in [0.3, 0.4) is 0 Å². The number of aromatic nitrogens is 7. The summed E-state index contributed by atoms with van der Waals surface area (Å²) in [6, 6.07) is 0. The minimum atomic E-state index is 0.594. The van der Waals surface area contributed by atoms with Crippen molar-refractivity contribution in [1.82, 2.24) is 34.8 Å². The topological polar surface area (TPSA) is 85.8 Å². The van der Waals surface area contributed by atoms with Crippen molar-refractivity contribution in [1.29, 1.82) is 0 Å². The minimum Gasteiger partial charge on any atom is -0.336 e. The molecule has 0 aliphatic rings. The van der Waals surface area contributed by atoms with E-state index in [9.17, 15) is 0 Å². The Kier molecular flexibility index (Phi) is 2.00. The number of aryl methyl sites for hydroxylation is 2. The number of tetrazole rings is 1. The van der Waals surface area contributed by atoms with Crippen LogP contribution in [0.4, 0.5) is 11.5 Å². The predicted octanol–water partition coefficient (Wildman–Crippen LogP) is 0.305. The molecule has 0 bridgehead atoms. The van der Waals surface area contributed by atoms with Crippen molar-refractivity contribution < 1.29 is 0 Å². The van der Waals surface area contributed by atoms with E-state index in [0.29, 0.717) is 11.5 Å². The van der Waals surface area contributed by atoms with Gasteiger partial charge in [-0.2, -0.15) is 9.61 Å².